The Morgan fingerprint density at radius 3 is 2.24 bits per heavy atom. The number of imide groups is 1. The second-order valence-electron chi connectivity index (χ2n) is 7.41. The quantitative estimate of drug-likeness (QED) is 0.804. The number of carbonyl (C=O) groups is 4. The van der Waals surface area contributed by atoms with Gasteiger partial charge in [-0.3, -0.25) is 24.1 Å². The molecule has 0 aliphatic carbocycles. The molecule has 0 spiro atoms. The fraction of sp³-hybridized carbons (Fsp3) is 0.273. The number of hydrogen-bond acceptors (Lipinski definition) is 4. The lowest BCUT2D eigenvalue weighted by Crippen LogP contribution is -2.41. The number of nitrogens with zero attached hydrogens (tertiary/aromatic N) is 2. The smallest absolute Gasteiger partial charge is 0.261 e. The van der Waals surface area contributed by atoms with E-state index < -0.39 is 5.91 Å². The first-order valence-corrected chi connectivity index (χ1v) is 9.58. The van der Waals surface area contributed by atoms with E-state index in [4.69, 9.17) is 5.73 Å². The Balaban J connectivity index is 1.52. The normalized spacial score (nSPS) is 16.8. The van der Waals surface area contributed by atoms with Crippen molar-refractivity contribution in [3.8, 4) is 0 Å². The predicted octanol–water partition coefficient (Wildman–Crippen LogP) is 1.82. The molecular formula is C22H21N3O4. The van der Waals surface area contributed by atoms with Crippen molar-refractivity contribution in [2.75, 3.05) is 13.1 Å². The Morgan fingerprint density at radius 1 is 0.931 bits per heavy atom. The first kappa shape index (κ1) is 18.9. The van der Waals surface area contributed by atoms with Gasteiger partial charge in [0.1, 0.15) is 0 Å². The molecule has 7 heteroatoms. The van der Waals surface area contributed by atoms with E-state index in [1.54, 1.807) is 17.0 Å². The minimum absolute atomic E-state index is 0.192. The number of carbonyl (C=O) groups excluding carboxylic acids is 4. The van der Waals surface area contributed by atoms with Crippen LogP contribution in [-0.2, 0) is 11.3 Å². The zero-order valence-corrected chi connectivity index (χ0v) is 15.8. The number of nitrogens with two attached hydrogens (primary N) is 1. The van der Waals surface area contributed by atoms with E-state index in [9.17, 15) is 19.2 Å². The fourth-order valence-corrected chi connectivity index (χ4v) is 3.88. The van der Waals surface area contributed by atoms with Crippen molar-refractivity contribution < 1.29 is 19.2 Å². The number of amides is 4. The monoisotopic (exact) mass is 391 g/mol. The predicted molar refractivity (Wildman–Crippen MR) is 105 cm³/mol. The summed E-state index contributed by atoms with van der Waals surface area (Å²) in [7, 11) is 0. The Morgan fingerprint density at radius 2 is 1.59 bits per heavy atom. The Bertz CT molecular complexity index is 994. The molecular weight excluding hydrogens is 370 g/mol. The Kier molecular flexibility index (Phi) is 4.88. The lowest BCUT2D eigenvalue weighted by molar-refractivity contribution is -0.123. The van der Waals surface area contributed by atoms with E-state index in [1.165, 1.54) is 11.0 Å². The highest BCUT2D eigenvalue weighted by Gasteiger charge is 2.36. The molecule has 2 aliphatic rings. The van der Waals surface area contributed by atoms with Gasteiger partial charge in [-0.1, -0.05) is 30.3 Å². The summed E-state index contributed by atoms with van der Waals surface area (Å²) in [5.74, 6) is -1.49. The molecule has 1 saturated heterocycles. The third kappa shape index (κ3) is 3.51. The molecule has 0 atom stereocenters. The molecule has 1 fully saturated rings. The molecule has 2 aromatic rings. The van der Waals surface area contributed by atoms with E-state index in [-0.39, 0.29) is 35.7 Å². The topological polar surface area (TPSA) is 101 Å². The van der Waals surface area contributed by atoms with Gasteiger partial charge in [-0.2, -0.15) is 0 Å². The average Bonchev–Trinajstić information content (AvgIpc) is 2.98. The van der Waals surface area contributed by atoms with Gasteiger partial charge in [0.2, 0.25) is 5.91 Å². The maximum absolute atomic E-state index is 12.8. The van der Waals surface area contributed by atoms with Gasteiger partial charge in [0.15, 0.2) is 0 Å². The molecule has 29 heavy (non-hydrogen) atoms. The van der Waals surface area contributed by atoms with E-state index in [0.29, 0.717) is 37.1 Å². The van der Waals surface area contributed by atoms with Gasteiger partial charge in [-0.25, -0.2) is 0 Å². The second-order valence-corrected chi connectivity index (χ2v) is 7.41. The molecule has 4 amide bonds. The molecule has 4 rings (SSSR count). The van der Waals surface area contributed by atoms with Crippen LogP contribution in [0.1, 0.15) is 49.5 Å². The summed E-state index contributed by atoms with van der Waals surface area (Å²) < 4.78 is 0. The highest BCUT2D eigenvalue weighted by molar-refractivity contribution is 6.22. The standard InChI is InChI=1S/C22H21N3O4/c23-19(26)15-8-10-24(11-9-15)20(27)16-6-7-17-18(12-16)22(29)25(21(17)28)13-14-4-2-1-3-5-14/h1-7,12,15H,8-11,13H2,(H2,23,26). The van der Waals surface area contributed by atoms with Crippen LogP contribution in [0.15, 0.2) is 48.5 Å². The van der Waals surface area contributed by atoms with Crippen molar-refractivity contribution in [3.05, 3.63) is 70.8 Å². The minimum atomic E-state index is -0.393. The second kappa shape index (κ2) is 7.50. The number of fused-ring (bicyclic) bond motifs is 1. The zero-order valence-electron chi connectivity index (χ0n) is 15.8. The number of benzene rings is 2. The molecule has 148 valence electrons. The largest absolute Gasteiger partial charge is 0.369 e. The molecule has 2 aliphatic heterocycles. The van der Waals surface area contributed by atoms with Crippen molar-refractivity contribution in [2.24, 2.45) is 11.7 Å². The molecule has 0 bridgehead atoms. The number of rotatable bonds is 4. The highest BCUT2D eigenvalue weighted by Crippen LogP contribution is 2.27. The maximum atomic E-state index is 12.8. The van der Waals surface area contributed by atoms with Crippen LogP contribution in [0.4, 0.5) is 0 Å². The van der Waals surface area contributed by atoms with Gasteiger partial charge in [-0.15, -0.1) is 0 Å². The first-order valence-electron chi connectivity index (χ1n) is 9.58. The van der Waals surface area contributed by atoms with Crippen molar-refractivity contribution >= 4 is 23.6 Å². The number of likely N-dealkylation sites (tertiary alicyclic amines) is 1. The number of hydrogen-bond donors (Lipinski definition) is 1. The SMILES string of the molecule is NC(=O)C1CCN(C(=O)c2ccc3c(c2)C(=O)N(Cc2ccccc2)C3=O)CC1. The van der Waals surface area contributed by atoms with Gasteiger partial charge in [0, 0.05) is 24.6 Å². The van der Waals surface area contributed by atoms with Crippen molar-refractivity contribution in [2.45, 2.75) is 19.4 Å². The van der Waals surface area contributed by atoms with Crippen LogP contribution in [0.3, 0.4) is 0 Å². The van der Waals surface area contributed by atoms with E-state index >= 15 is 0 Å². The summed E-state index contributed by atoms with van der Waals surface area (Å²) in [5.41, 5.74) is 7.13. The van der Waals surface area contributed by atoms with Crippen LogP contribution in [0.25, 0.3) is 0 Å². The molecule has 2 N–H and O–H groups in total. The van der Waals surface area contributed by atoms with Gasteiger partial charge >= 0.3 is 0 Å². The van der Waals surface area contributed by atoms with E-state index in [2.05, 4.69) is 0 Å². The molecule has 0 radical (unpaired) electrons. The highest BCUT2D eigenvalue weighted by atomic mass is 16.2. The molecule has 7 nitrogen and oxygen atoms in total. The van der Waals surface area contributed by atoms with E-state index in [1.807, 2.05) is 30.3 Å². The van der Waals surface area contributed by atoms with Crippen LogP contribution in [-0.4, -0.2) is 46.5 Å². The Labute approximate surface area is 168 Å². The number of primary amides is 1. The van der Waals surface area contributed by atoms with Crippen LogP contribution in [0.5, 0.6) is 0 Å². The van der Waals surface area contributed by atoms with Crippen LogP contribution >= 0.6 is 0 Å². The summed E-state index contributed by atoms with van der Waals surface area (Å²) in [6.07, 6.45) is 1.07. The summed E-state index contributed by atoms with van der Waals surface area (Å²) in [4.78, 5) is 52.5. The molecule has 0 unspecified atom stereocenters. The summed E-state index contributed by atoms with van der Waals surface area (Å²) in [6, 6.07) is 13.9. The molecule has 2 aromatic carbocycles. The van der Waals surface area contributed by atoms with Crippen molar-refractivity contribution in [1.82, 2.24) is 9.80 Å². The molecule has 0 saturated carbocycles. The number of piperidine rings is 1. The van der Waals surface area contributed by atoms with Crippen LogP contribution < -0.4 is 5.73 Å². The molecule has 2 heterocycles. The maximum Gasteiger partial charge on any atom is 0.261 e. The van der Waals surface area contributed by atoms with Gasteiger partial charge in [0.25, 0.3) is 17.7 Å². The van der Waals surface area contributed by atoms with Crippen molar-refractivity contribution in [1.29, 1.82) is 0 Å². The lowest BCUT2D eigenvalue weighted by Gasteiger charge is -2.30. The summed E-state index contributed by atoms with van der Waals surface area (Å²) in [6.45, 7) is 1.07. The van der Waals surface area contributed by atoms with Gasteiger partial charge in [-0.05, 0) is 36.6 Å². The third-order valence-electron chi connectivity index (χ3n) is 5.59. The summed E-state index contributed by atoms with van der Waals surface area (Å²) >= 11 is 0. The van der Waals surface area contributed by atoms with Gasteiger partial charge in [0.05, 0.1) is 17.7 Å². The van der Waals surface area contributed by atoms with Crippen LogP contribution in [0.2, 0.25) is 0 Å². The minimum Gasteiger partial charge on any atom is -0.369 e. The zero-order chi connectivity index (χ0) is 20.5. The van der Waals surface area contributed by atoms with E-state index in [0.717, 1.165) is 5.56 Å². The van der Waals surface area contributed by atoms with Crippen molar-refractivity contribution in [3.63, 3.8) is 0 Å². The van der Waals surface area contributed by atoms with Gasteiger partial charge < -0.3 is 10.6 Å². The first-order chi connectivity index (χ1) is 14.0. The van der Waals surface area contributed by atoms with Crippen LogP contribution in [0, 0.1) is 5.92 Å². The Hall–Kier alpha value is -3.48. The summed E-state index contributed by atoms with van der Waals surface area (Å²) in [5, 5.41) is 0. The molecule has 0 aromatic heterocycles. The average molecular weight is 391 g/mol. The third-order valence-corrected chi connectivity index (χ3v) is 5.59. The lowest BCUT2D eigenvalue weighted by atomic mass is 9.95. The fourth-order valence-electron chi connectivity index (χ4n) is 3.88.